The zero-order chi connectivity index (χ0) is 25.6. The molecule has 3 amide bonds. The molecule has 192 valence electrons. The minimum atomic E-state index is -1.12. The third-order valence-corrected chi connectivity index (χ3v) is 5.37. The van der Waals surface area contributed by atoms with Crippen LogP contribution in [0.4, 0.5) is 9.59 Å². The third kappa shape index (κ3) is 7.84. The number of amides is 3. The van der Waals surface area contributed by atoms with Gasteiger partial charge in [0.25, 0.3) is 5.91 Å². The molecule has 0 bridgehead atoms. The Morgan fingerprint density at radius 1 is 0.971 bits per heavy atom. The van der Waals surface area contributed by atoms with E-state index >= 15 is 0 Å². The van der Waals surface area contributed by atoms with E-state index in [-0.39, 0.29) is 24.1 Å². The highest BCUT2D eigenvalue weighted by Gasteiger charge is 2.31. The predicted molar refractivity (Wildman–Crippen MR) is 124 cm³/mol. The number of carbonyl (C=O) groups is 4. The van der Waals surface area contributed by atoms with Crippen LogP contribution in [0.5, 0.6) is 0 Å². The lowest BCUT2D eigenvalue weighted by Gasteiger charge is -2.26. The molecule has 0 radical (unpaired) electrons. The lowest BCUT2D eigenvalue weighted by molar-refractivity contribution is -0.0681. The number of hydrogen-bond donors (Lipinski definition) is 1. The second-order valence-electron chi connectivity index (χ2n) is 9.42. The highest BCUT2D eigenvalue weighted by molar-refractivity contribution is 5.96. The van der Waals surface area contributed by atoms with Crippen molar-refractivity contribution in [1.29, 1.82) is 0 Å². The maximum Gasteiger partial charge on any atom is 0.412 e. The number of carbonyl (C=O) groups excluding carboxylic acids is 4. The molecule has 2 fully saturated rings. The number of nitrogens with one attached hydrogen (secondary N) is 1. The van der Waals surface area contributed by atoms with Crippen LogP contribution in [0.15, 0.2) is 24.3 Å². The highest BCUT2D eigenvalue weighted by Crippen LogP contribution is 2.15. The van der Waals surface area contributed by atoms with Crippen LogP contribution in [-0.4, -0.2) is 91.2 Å². The first-order chi connectivity index (χ1) is 16.5. The first-order valence-electron chi connectivity index (χ1n) is 11.6. The zero-order valence-electron chi connectivity index (χ0n) is 20.6. The van der Waals surface area contributed by atoms with E-state index in [0.717, 1.165) is 0 Å². The van der Waals surface area contributed by atoms with E-state index in [1.54, 1.807) is 37.8 Å². The summed E-state index contributed by atoms with van der Waals surface area (Å²) in [4.78, 5) is 52.4. The number of benzene rings is 1. The summed E-state index contributed by atoms with van der Waals surface area (Å²) in [6.45, 7) is 9.47. The quantitative estimate of drug-likeness (QED) is 0.492. The number of esters is 1. The fraction of sp³-hybridized carbons (Fsp3) is 0.583. The molecular weight excluding hydrogens is 458 g/mol. The molecule has 0 aliphatic carbocycles. The Hall–Kier alpha value is -3.34. The van der Waals surface area contributed by atoms with Gasteiger partial charge in [0.15, 0.2) is 0 Å². The topological polar surface area (TPSA) is 124 Å². The Morgan fingerprint density at radius 3 is 2.23 bits per heavy atom. The summed E-state index contributed by atoms with van der Waals surface area (Å²) in [6.07, 6.45) is -1.76. The van der Waals surface area contributed by atoms with Crippen molar-refractivity contribution in [3.63, 3.8) is 0 Å². The average Bonchev–Trinajstić information content (AvgIpc) is 3.26. The molecule has 2 atom stereocenters. The van der Waals surface area contributed by atoms with Crippen molar-refractivity contribution in [3.8, 4) is 0 Å². The van der Waals surface area contributed by atoms with Crippen molar-refractivity contribution in [2.24, 2.45) is 0 Å². The van der Waals surface area contributed by atoms with Crippen LogP contribution in [0.2, 0.25) is 0 Å². The molecule has 1 unspecified atom stereocenters. The number of morpholine rings is 1. The summed E-state index contributed by atoms with van der Waals surface area (Å²) in [6, 6.07) is 5.87. The Bertz CT molecular complexity index is 922. The van der Waals surface area contributed by atoms with Gasteiger partial charge in [0, 0.05) is 38.7 Å². The molecule has 0 aromatic heterocycles. The molecule has 3 rings (SSSR count). The average molecular weight is 492 g/mol. The number of nitrogens with zero attached hydrogens (tertiary/aromatic N) is 2. The molecule has 11 nitrogen and oxygen atoms in total. The summed E-state index contributed by atoms with van der Waals surface area (Å²) in [5.41, 5.74) is 0.0832. The fourth-order valence-electron chi connectivity index (χ4n) is 3.68. The molecule has 1 N–H and O–H groups in total. The molecule has 35 heavy (non-hydrogen) atoms. The van der Waals surface area contributed by atoms with Crippen LogP contribution in [-0.2, 0) is 18.9 Å². The molecular formula is C24H33N3O8. The van der Waals surface area contributed by atoms with Gasteiger partial charge in [0.2, 0.25) is 6.29 Å². The Morgan fingerprint density at radius 2 is 1.60 bits per heavy atom. The fourth-order valence-corrected chi connectivity index (χ4v) is 3.68. The number of alkyl carbamates (subject to hydrolysis) is 1. The van der Waals surface area contributed by atoms with E-state index in [4.69, 9.17) is 18.9 Å². The smallest absolute Gasteiger partial charge is 0.412 e. The van der Waals surface area contributed by atoms with E-state index in [0.29, 0.717) is 44.8 Å². The van der Waals surface area contributed by atoms with E-state index < -0.39 is 30.0 Å². The Kier molecular flexibility index (Phi) is 8.55. The normalized spacial score (nSPS) is 19.0. The van der Waals surface area contributed by atoms with Gasteiger partial charge in [0.1, 0.15) is 5.60 Å². The summed E-state index contributed by atoms with van der Waals surface area (Å²) >= 11 is 0. The molecule has 1 aromatic carbocycles. The largest absolute Gasteiger partial charge is 0.444 e. The van der Waals surface area contributed by atoms with Crippen LogP contribution in [0.3, 0.4) is 0 Å². The van der Waals surface area contributed by atoms with Crippen LogP contribution in [0.1, 0.15) is 54.8 Å². The minimum Gasteiger partial charge on any atom is -0.444 e. The van der Waals surface area contributed by atoms with Gasteiger partial charge in [-0.05, 0) is 51.5 Å². The lowest BCUT2D eigenvalue weighted by atomic mass is 10.1. The molecule has 2 aliphatic rings. The monoisotopic (exact) mass is 491 g/mol. The second kappa shape index (κ2) is 11.4. The van der Waals surface area contributed by atoms with E-state index in [2.05, 4.69) is 5.32 Å². The van der Waals surface area contributed by atoms with Crippen molar-refractivity contribution in [3.05, 3.63) is 35.4 Å². The number of rotatable bonds is 5. The van der Waals surface area contributed by atoms with E-state index in [1.807, 2.05) is 0 Å². The SMILES string of the molecule is CC(OC(=O)c1ccc(C(=O)N2CCOCC2)cc1)OC(=O)N1CC[C@H](NC(=O)OC(C)(C)C)C1. The van der Waals surface area contributed by atoms with Crippen LogP contribution in [0.25, 0.3) is 0 Å². The van der Waals surface area contributed by atoms with Crippen LogP contribution in [0, 0.1) is 0 Å². The van der Waals surface area contributed by atoms with Gasteiger partial charge in [-0.1, -0.05) is 0 Å². The first-order valence-corrected chi connectivity index (χ1v) is 11.6. The summed E-state index contributed by atoms with van der Waals surface area (Å²) in [5, 5.41) is 2.73. The van der Waals surface area contributed by atoms with Crippen molar-refractivity contribution >= 4 is 24.1 Å². The number of hydrogen-bond acceptors (Lipinski definition) is 8. The molecule has 0 saturated carbocycles. The standard InChI is InChI=1S/C24H33N3O8/c1-16(34-23(31)27-10-9-19(15-27)25-22(30)35-24(2,3)4)33-21(29)18-7-5-17(6-8-18)20(28)26-11-13-32-14-12-26/h5-8,16,19H,9-15H2,1-4H3,(H,25,30)/t16?,19-/m0/s1. The van der Waals surface area contributed by atoms with Gasteiger partial charge in [-0.3, -0.25) is 4.79 Å². The predicted octanol–water partition coefficient (Wildman–Crippen LogP) is 2.40. The lowest BCUT2D eigenvalue weighted by Crippen LogP contribution is -2.41. The van der Waals surface area contributed by atoms with Crippen molar-refractivity contribution in [1.82, 2.24) is 15.1 Å². The minimum absolute atomic E-state index is 0.124. The molecule has 11 heteroatoms. The van der Waals surface area contributed by atoms with Gasteiger partial charge in [0.05, 0.1) is 24.8 Å². The molecule has 1 aromatic rings. The van der Waals surface area contributed by atoms with Crippen LogP contribution >= 0.6 is 0 Å². The molecule has 2 saturated heterocycles. The Labute approximate surface area is 204 Å². The van der Waals surface area contributed by atoms with Gasteiger partial charge < -0.3 is 34.1 Å². The van der Waals surface area contributed by atoms with Crippen molar-refractivity contribution < 1.29 is 38.1 Å². The molecule has 2 aliphatic heterocycles. The number of ether oxygens (including phenoxy) is 4. The summed E-state index contributed by atoms with van der Waals surface area (Å²) in [5.74, 6) is -0.804. The van der Waals surface area contributed by atoms with Gasteiger partial charge in [-0.25, -0.2) is 14.4 Å². The summed E-state index contributed by atoms with van der Waals surface area (Å²) in [7, 11) is 0. The van der Waals surface area contributed by atoms with Gasteiger partial charge in [-0.2, -0.15) is 0 Å². The van der Waals surface area contributed by atoms with Crippen molar-refractivity contribution in [2.75, 3.05) is 39.4 Å². The molecule has 0 spiro atoms. The van der Waals surface area contributed by atoms with Crippen molar-refractivity contribution in [2.45, 2.75) is 52.0 Å². The molecule has 2 heterocycles. The third-order valence-electron chi connectivity index (χ3n) is 5.37. The van der Waals surface area contributed by atoms with Gasteiger partial charge >= 0.3 is 18.2 Å². The van der Waals surface area contributed by atoms with Gasteiger partial charge in [-0.15, -0.1) is 0 Å². The number of likely N-dealkylation sites (tertiary alicyclic amines) is 1. The maximum atomic E-state index is 12.5. The first kappa shape index (κ1) is 26.3. The summed E-state index contributed by atoms with van der Waals surface area (Å²) < 4.78 is 20.9. The van der Waals surface area contributed by atoms with Crippen LogP contribution < -0.4 is 5.32 Å². The second-order valence-corrected chi connectivity index (χ2v) is 9.42. The maximum absolute atomic E-state index is 12.5. The highest BCUT2D eigenvalue weighted by atomic mass is 16.7. The Balaban J connectivity index is 1.44. The van der Waals surface area contributed by atoms with E-state index in [1.165, 1.54) is 24.0 Å². The zero-order valence-corrected chi connectivity index (χ0v) is 20.6. The van der Waals surface area contributed by atoms with E-state index in [9.17, 15) is 19.2 Å².